The molecule has 0 radical (unpaired) electrons. The molecule has 1 fully saturated rings. The van der Waals surface area contributed by atoms with E-state index in [2.05, 4.69) is 4.72 Å². The molecule has 9 heteroatoms. The molecule has 0 saturated carbocycles. The molecular formula is C20H30N2O6S. The molecule has 1 saturated heterocycles. The maximum atomic E-state index is 12.7. The Balaban J connectivity index is 2.08. The van der Waals surface area contributed by atoms with Gasteiger partial charge in [0.1, 0.15) is 6.04 Å². The summed E-state index contributed by atoms with van der Waals surface area (Å²) < 4.78 is 38.4. The molecule has 1 aromatic carbocycles. The molecule has 0 aliphatic carbocycles. The standard InChI is InChI=1S/C20H30N2O6S/c1-14(2)13-18(21-29(25,26)17-7-5-15(3)6-8-17)20(24)28-16(4)19(23)22-9-11-27-12-10-22/h5-8,14,16,18,21H,9-13H2,1-4H3/t16-,18-/m0/s1. The zero-order valence-electron chi connectivity index (χ0n) is 17.4. The van der Waals surface area contributed by atoms with Gasteiger partial charge in [-0.3, -0.25) is 9.59 Å². The quantitative estimate of drug-likeness (QED) is 0.632. The summed E-state index contributed by atoms with van der Waals surface area (Å²) in [6.45, 7) is 8.88. The van der Waals surface area contributed by atoms with Crippen LogP contribution in [0.2, 0.25) is 0 Å². The summed E-state index contributed by atoms with van der Waals surface area (Å²) >= 11 is 0. The van der Waals surface area contributed by atoms with Crippen LogP contribution in [0.1, 0.15) is 32.8 Å². The largest absolute Gasteiger partial charge is 0.451 e. The van der Waals surface area contributed by atoms with Crippen LogP contribution in [-0.4, -0.2) is 63.6 Å². The van der Waals surface area contributed by atoms with E-state index in [-0.39, 0.29) is 23.1 Å². The summed E-state index contributed by atoms with van der Waals surface area (Å²) in [4.78, 5) is 26.8. The van der Waals surface area contributed by atoms with Gasteiger partial charge >= 0.3 is 5.97 Å². The van der Waals surface area contributed by atoms with E-state index in [4.69, 9.17) is 9.47 Å². The van der Waals surface area contributed by atoms with Crippen LogP contribution in [-0.2, 0) is 29.1 Å². The predicted octanol–water partition coefficient (Wildman–Crippen LogP) is 1.48. The van der Waals surface area contributed by atoms with E-state index >= 15 is 0 Å². The molecular weight excluding hydrogens is 396 g/mol. The van der Waals surface area contributed by atoms with Crippen molar-refractivity contribution in [2.24, 2.45) is 5.92 Å². The van der Waals surface area contributed by atoms with Gasteiger partial charge in [0.05, 0.1) is 18.1 Å². The fourth-order valence-electron chi connectivity index (χ4n) is 2.98. The predicted molar refractivity (Wildman–Crippen MR) is 108 cm³/mol. The van der Waals surface area contributed by atoms with Gasteiger partial charge in [-0.1, -0.05) is 31.5 Å². The Hall–Kier alpha value is -1.97. The van der Waals surface area contributed by atoms with Crippen LogP contribution in [0, 0.1) is 12.8 Å². The number of hydrogen-bond donors (Lipinski definition) is 1. The molecule has 1 heterocycles. The highest BCUT2D eigenvalue weighted by molar-refractivity contribution is 7.89. The summed E-state index contributed by atoms with van der Waals surface area (Å²) in [6, 6.07) is 5.27. The highest BCUT2D eigenvalue weighted by atomic mass is 32.2. The van der Waals surface area contributed by atoms with E-state index < -0.39 is 28.1 Å². The molecule has 1 amide bonds. The monoisotopic (exact) mass is 426 g/mol. The number of carbonyl (C=O) groups excluding carboxylic acids is 2. The smallest absolute Gasteiger partial charge is 0.324 e. The molecule has 1 aromatic rings. The number of amides is 1. The molecule has 0 bridgehead atoms. The number of hydrogen-bond acceptors (Lipinski definition) is 6. The van der Waals surface area contributed by atoms with Gasteiger partial charge in [-0.15, -0.1) is 0 Å². The van der Waals surface area contributed by atoms with Gasteiger partial charge in [0.25, 0.3) is 5.91 Å². The highest BCUT2D eigenvalue weighted by Gasteiger charge is 2.31. The first-order chi connectivity index (χ1) is 13.6. The summed E-state index contributed by atoms with van der Waals surface area (Å²) in [6.07, 6.45) is -0.748. The number of rotatable bonds is 8. The Morgan fingerprint density at radius 1 is 1.14 bits per heavy atom. The summed E-state index contributed by atoms with van der Waals surface area (Å²) in [5.74, 6) is -1.03. The maximum absolute atomic E-state index is 12.7. The van der Waals surface area contributed by atoms with Gasteiger partial charge < -0.3 is 14.4 Å². The van der Waals surface area contributed by atoms with Crippen molar-refractivity contribution < 1.29 is 27.5 Å². The van der Waals surface area contributed by atoms with Crippen LogP contribution < -0.4 is 4.72 Å². The van der Waals surface area contributed by atoms with Crippen molar-refractivity contribution in [2.75, 3.05) is 26.3 Å². The lowest BCUT2D eigenvalue weighted by molar-refractivity contribution is -0.162. The van der Waals surface area contributed by atoms with Crippen molar-refractivity contribution in [3.05, 3.63) is 29.8 Å². The molecule has 29 heavy (non-hydrogen) atoms. The normalized spacial score (nSPS) is 17.1. The highest BCUT2D eigenvalue weighted by Crippen LogP contribution is 2.15. The number of sulfonamides is 1. The molecule has 0 unspecified atom stereocenters. The number of benzene rings is 1. The molecule has 1 aliphatic heterocycles. The Bertz CT molecular complexity index is 801. The van der Waals surface area contributed by atoms with Crippen molar-refractivity contribution in [3.63, 3.8) is 0 Å². The van der Waals surface area contributed by atoms with Crippen LogP contribution in [0.15, 0.2) is 29.2 Å². The topological polar surface area (TPSA) is 102 Å². The number of nitrogens with one attached hydrogen (secondary N) is 1. The fraction of sp³-hybridized carbons (Fsp3) is 0.600. The maximum Gasteiger partial charge on any atom is 0.324 e. The minimum Gasteiger partial charge on any atom is -0.451 e. The molecule has 1 N–H and O–H groups in total. The third-order valence-corrected chi connectivity index (χ3v) is 6.07. The number of morpholine rings is 1. The molecule has 8 nitrogen and oxygen atoms in total. The molecule has 2 rings (SSSR count). The summed E-state index contributed by atoms with van der Waals surface area (Å²) in [5, 5.41) is 0. The number of ether oxygens (including phenoxy) is 2. The molecule has 2 atom stereocenters. The van der Waals surface area contributed by atoms with Crippen LogP contribution >= 0.6 is 0 Å². The van der Waals surface area contributed by atoms with E-state index in [1.807, 2.05) is 20.8 Å². The second-order valence-electron chi connectivity index (χ2n) is 7.63. The Morgan fingerprint density at radius 2 is 1.72 bits per heavy atom. The van der Waals surface area contributed by atoms with Gasteiger partial charge in [0, 0.05) is 13.1 Å². The van der Waals surface area contributed by atoms with Crippen LogP contribution in [0.4, 0.5) is 0 Å². The lowest BCUT2D eigenvalue weighted by Crippen LogP contribution is -2.48. The third-order valence-electron chi connectivity index (χ3n) is 4.58. The van der Waals surface area contributed by atoms with Crippen molar-refractivity contribution >= 4 is 21.9 Å². The first-order valence-electron chi connectivity index (χ1n) is 9.76. The van der Waals surface area contributed by atoms with E-state index in [0.29, 0.717) is 26.3 Å². The van der Waals surface area contributed by atoms with Gasteiger partial charge in [-0.25, -0.2) is 8.42 Å². The van der Waals surface area contributed by atoms with Crippen LogP contribution in [0.25, 0.3) is 0 Å². The summed E-state index contributed by atoms with van der Waals surface area (Å²) in [5.41, 5.74) is 0.928. The first-order valence-corrected chi connectivity index (χ1v) is 11.2. The van der Waals surface area contributed by atoms with E-state index in [1.165, 1.54) is 19.1 Å². The average molecular weight is 427 g/mol. The number of nitrogens with zero attached hydrogens (tertiary/aromatic N) is 1. The number of carbonyl (C=O) groups is 2. The van der Waals surface area contributed by atoms with Crippen molar-refractivity contribution in [3.8, 4) is 0 Å². The third kappa shape index (κ3) is 6.80. The number of aryl methyl sites for hydroxylation is 1. The minimum absolute atomic E-state index is 0.0403. The second-order valence-corrected chi connectivity index (χ2v) is 9.35. The average Bonchev–Trinajstić information content (AvgIpc) is 2.67. The lowest BCUT2D eigenvalue weighted by Gasteiger charge is -2.29. The van der Waals surface area contributed by atoms with E-state index in [0.717, 1.165) is 5.56 Å². The molecule has 1 aliphatic rings. The number of esters is 1. The van der Waals surface area contributed by atoms with Crippen molar-refractivity contribution in [1.29, 1.82) is 0 Å². The van der Waals surface area contributed by atoms with Gasteiger partial charge in [-0.2, -0.15) is 4.72 Å². The van der Waals surface area contributed by atoms with Gasteiger partial charge in [0.2, 0.25) is 10.0 Å². The van der Waals surface area contributed by atoms with E-state index in [9.17, 15) is 18.0 Å². The van der Waals surface area contributed by atoms with Crippen LogP contribution in [0.3, 0.4) is 0 Å². The Labute approximate surface area is 172 Å². The van der Waals surface area contributed by atoms with Crippen molar-refractivity contribution in [1.82, 2.24) is 9.62 Å². The van der Waals surface area contributed by atoms with Crippen molar-refractivity contribution in [2.45, 2.75) is 51.2 Å². The molecule has 0 spiro atoms. The first kappa shape index (κ1) is 23.3. The Morgan fingerprint density at radius 3 is 2.28 bits per heavy atom. The lowest BCUT2D eigenvalue weighted by atomic mass is 10.0. The zero-order chi connectivity index (χ0) is 21.6. The van der Waals surface area contributed by atoms with Gasteiger partial charge in [0.15, 0.2) is 6.10 Å². The van der Waals surface area contributed by atoms with Crippen LogP contribution in [0.5, 0.6) is 0 Å². The second kappa shape index (κ2) is 10.2. The van der Waals surface area contributed by atoms with Gasteiger partial charge in [-0.05, 0) is 38.3 Å². The summed E-state index contributed by atoms with van der Waals surface area (Å²) in [7, 11) is -3.91. The fourth-order valence-corrected chi connectivity index (χ4v) is 4.18. The zero-order valence-corrected chi connectivity index (χ0v) is 18.2. The SMILES string of the molecule is Cc1ccc(S(=O)(=O)N[C@@H](CC(C)C)C(=O)O[C@@H](C)C(=O)N2CCOCC2)cc1. The Kier molecular flexibility index (Phi) is 8.18. The van der Waals surface area contributed by atoms with E-state index in [1.54, 1.807) is 17.0 Å². The molecule has 162 valence electrons. The minimum atomic E-state index is -3.91. The molecule has 0 aromatic heterocycles.